The van der Waals surface area contributed by atoms with Gasteiger partial charge in [0.1, 0.15) is 17.1 Å². The van der Waals surface area contributed by atoms with Crippen molar-refractivity contribution in [3.8, 4) is 22.3 Å². The highest BCUT2D eigenvalue weighted by molar-refractivity contribution is 6.06. The van der Waals surface area contributed by atoms with Gasteiger partial charge in [0.05, 0.1) is 25.2 Å². The third-order valence-corrected chi connectivity index (χ3v) is 8.49. The van der Waals surface area contributed by atoms with E-state index in [0.717, 1.165) is 39.1 Å². The third-order valence-electron chi connectivity index (χ3n) is 8.49. The largest absolute Gasteiger partial charge is 0.460 e. The minimum Gasteiger partial charge on any atom is -0.460 e. The molecule has 9 heteroatoms. The number of nitrogens with zero attached hydrogens (tertiary/aromatic N) is 1. The van der Waals surface area contributed by atoms with Crippen molar-refractivity contribution >= 4 is 18.0 Å². The number of halogens is 1. The van der Waals surface area contributed by atoms with Crippen LogP contribution in [0.4, 0.5) is 4.39 Å². The fraction of sp³-hybridized carbons (Fsp3) is 0.381. The van der Waals surface area contributed by atoms with E-state index >= 15 is 0 Å². The Morgan fingerprint density at radius 3 is 2.20 bits per heavy atom. The molecule has 1 fully saturated rings. The maximum Gasteiger partial charge on any atom is 0.308 e. The number of amides is 1. The summed E-state index contributed by atoms with van der Waals surface area (Å²) in [4.78, 5) is 27.1. The van der Waals surface area contributed by atoms with Crippen LogP contribution in [0, 0.1) is 5.82 Å². The first-order valence-electron chi connectivity index (χ1n) is 17.5. The number of nitrogens with one attached hydrogen (secondary N) is 1. The van der Waals surface area contributed by atoms with Crippen LogP contribution < -0.4 is 5.32 Å². The molecule has 5 rings (SSSR count). The number of ether oxygens (including phenoxy) is 3. The van der Waals surface area contributed by atoms with Crippen LogP contribution in [-0.4, -0.2) is 45.1 Å². The van der Waals surface area contributed by atoms with E-state index in [-0.39, 0.29) is 43.3 Å². The molecule has 0 aliphatic carbocycles. The van der Waals surface area contributed by atoms with E-state index in [1.54, 1.807) is 12.1 Å². The average Bonchev–Trinajstić information content (AvgIpc) is 3.41. The Labute approximate surface area is 300 Å². The summed E-state index contributed by atoms with van der Waals surface area (Å²) in [7, 11) is 0. The van der Waals surface area contributed by atoms with E-state index in [2.05, 4.69) is 5.32 Å². The highest BCUT2D eigenvalue weighted by Gasteiger charge is 2.37. The molecule has 1 amide bonds. The van der Waals surface area contributed by atoms with Gasteiger partial charge >= 0.3 is 5.97 Å². The monoisotopic (exact) mass is 696 g/mol. The standard InChI is InChI=1S/C42H49FN2O6/c1-27(2)45-35(22-21-33-23-34(50-42(6,7)49-33)24-36(47)51-41(3,4)5)37(31-17-19-32(43)20-18-31)38(30-11-9-8-10-12-30)39(45)40(48)44-25-28-13-15-29(26-46)16-14-28/h8-22,27,33-34,46H,23-26H2,1-7H3,(H,44,48)/b22-21+. The van der Waals surface area contributed by atoms with Crippen LogP contribution >= 0.6 is 0 Å². The molecule has 0 bridgehead atoms. The summed E-state index contributed by atoms with van der Waals surface area (Å²) in [6.45, 7) is 13.4. The van der Waals surface area contributed by atoms with Gasteiger partial charge in [0.15, 0.2) is 5.79 Å². The molecule has 51 heavy (non-hydrogen) atoms. The molecule has 0 saturated carbocycles. The molecule has 2 N–H and O–H groups in total. The van der Waals surface area contributed by atoms with Gasteiger partial charge in [-0.25, -0.2) is 4.39 Å². The molecule has 1 aliphatic rings. The first kappa shape index (κ1) is 37.7. The molecule has 270 valence electrons. The van der Waals surface area contributed by atoms with Crippen LogP contribution in [0.3, 0.4) is 0 Å². The van der Waals surface area contributed by atoms with Crippen molar-refractivity contribution in [2.24, 2.45) is 0 Å². The van der Waals surface area contributed by atoms with Crippen molar-refractivity contribution in [1.29, 1.82) is 0 Å². The fourth-order valence-corrected chi connectivity index (χ4v) is 6.51. The smallest absolute Gasteiger partial charge is 0.308 e. The Morgan fingerprint density at radius 1 is 0.961 bits per heavy atom. The molecular weight excluding hydrogens is 647 g/mol. The number of rotatable bonds is 11. The quantitative estimate of drug-likeness (QED) is 0.152. The van der Waals surface area contributed by atoms with Gasteiger partial charge in [0.2, 0.25) is 0 Å². The van der Waals surface area contributed by atoms with Crippen molar-refractivity contribution in [3.05, 3.63) is 113 Å². The van der Waals surface area contributed by atoms with Gasteiger partial charge in [-0.3, -0.25) is 9.59 Å². The zero-order valence-corrected chi connectivity index (χ0v) is 30.5. The molecule has 1 aromatic heterocycles. The second-order valence-corrected chi connectivity index (χ2v) is 14.7. The number of hydrogen-bond donors (Lipinski definition) is 2. The minimum absolute atomic E-state index is 0.0573. The lowest BCUT2D eigenvalue weighted by Gasteiger charge is -2.39. The van der Waals surface area contributed by atoms with Gasteiger partial charge in [-0.15, -0.1) is 0 Å². The molecule has 2 heterocycles. The van der Waals surface area contributed by atoms with E-state index in [1.807, 2.05) is 120 Å². The van der Waals surface area contributed by atoms with Crippen LogP contribution in [0.1, 0.15) is 94.7 Å². The van der Waals surface area contributed by atoms with Crippen LogP contribution in [0.15, 0.2) is 84.9 Å². The summed E-state index contributed by atoms with van der Waals surface area (Å²) in [6.07, 6.45) is 3.57. The molecule has 0 spiro atoms. The summed E-state index contributed by atoms with van der Waals surface area (Å²) < 4.78 is 34.4. The first-order chi connectivity index (χ1) is 24.1. The predicted molar refractivity (Wildman–Crippen MR) is 197 cm³/mol. The SMILES string of the molecule is CC(C)n1c(/C=C/C2CC(CC(=O)OC(C)(C)C)OC(C)(C)O2)c(-c2ccc(F)cc2)c(-c2ccccc2)c1C(=O)NCc1ccc(CO)cc1. The number of esters is 1. The number of carbonyl (C=O) groups is 2. The molecule has 8 nitrogen and oxygen atoms in total. The topological polar surface area (TPSA) is 99.0 Å². The van der Waals surface area contributed by atoms with Gasteiger partial charge < -0.3 is 29.2 Å². The minimum atomic E-state index is -0.963. The summed E-state index contributed by atoms with van der Waals surface area (Å²) in [5, 5.41) is 12.6. The third kappa shape index (κ3) is 9.61. The van der Waals surface area contributed by atoms with Crippen molar-refractivity contribution < 1.29 is 33.3 Å². The van der Waals surface area contributed by atoms with Crippen molar-refractivity contribution in [3.63, 3.8) is 0 Å². The second-order valence-electron chi connectivity index (χ2n) is 14.7. The molecule has 1 saturated heterocycles. The zero-order chi connectivity index (χ0) is 36.9. The van der Waals surface area contributed by atoms with Gasteiger partial charge in [-0.2, -0.15) is 0 Å². The number of aliphatic hydroxyl groups is 1. The fourth-order valence-electron chi connectivity index (χ4n) is 6.51. The summed E-state index contributed by atoms with van der Waals surface area (Å²) >= 11 is 0. The maximum atomic E-state index is 14.4. The Hall–Kier alpha value is -4.57. The van der Waals surface area contributed by atoms with E-state index in [0.29, 0.717) is 12.1 Å². The van der Waals surface area contributed by atoms with Crippen LogP contribution in [0.2, 0.25) is 0 Å². The normalized spacial score (nSPS) is 17.5. The first-order valence-corrected chi connectivity index (χ1v) is 17.5. The zero-order valence-electron chi connectivity index (χ0n) is 30.5. The molecule has 0 radical (unpaired) electrons. The Morgan fingerprint density at radius 2 is 1.59 bits per heavy atom. The van der Waals surface area contributed by atoms with Crippen LogP contribution in [0.5, 0.6) is 0 Å². The van der Waals surface area contributed by atoms with Gasteiger partial charge in [0, 0.05) is 35.8 Å². The lowest BCUT2D eigenvalue weighted by Crippen LogP contribution is -2.45. The summed E-state index contributed by atoms with van der Waals surface area (Å²) in [6, 6.07) is 23.3. The predicted octanol–water partition coefficient (Wildman–Crippen LogP) is 8.62. The van der Waals surface area contributed by atoms with Gasteiger partial charge in [-0.05, 0) is 88.9 Å². The highest BCUT2D eigenvalue weighted by atomic mass is 19.1. The number of carbonyl (C=O) groups excluding carboxylic acids is 2. The average molecular weight is 697 g/mol. The van der Waals surface area contributed by atoms with Crippen molar-refractivity contribution in [2.45, 2.75) is 104 Å². The van der Waals surface area contributed by atoms with Crippen LogP contribution in [0.25, 0.3) is 28.3 Å². The molecule has 4 aromatic rings. The van der Waals surface area contributed by atoms with Gasteiger partial charge in [-0.1, -0.05) is 72.8 Å². The van der Waals surface area contributed by atoms with E-state index < -0.39 is 23.6 Å². The van der Waals surface area contributed by atoms with E-state index in [4.69, 9.17) is 14.2 Å². The van der Waals surface area contributed by atoms with Crippen molar-refractivity contribution in [1.82, 2.24) is 9.88 Å². The highest BCUT2D eigenvalue weighted by Crippen LogP contribution is 2.43. The van der Waals surface area contributed by atoms with E-state index in [1.165, 1.54) is 12.1 Å². The summed E-state index contributed by atoms with van der Waals surface area (Å²) in [5.74, 6) is -1.93. The maximum absolute atomic E-state index is 14.4. The van der Waals surface area contributed by atoms with E-state index in [9.17, 15) is 19.1 Å². The Bertz CT molecular complexity index is 1840. The number of aromatic nitrogens is 1. The molecule has 2 unspecified atom stereocenters. The van der Waals surface area contributed by atoms with Crippen molar-refractivity contribution in [2.75, 3.05) is 0 Å². The Balaban J connectivity index is 1.61. The molecular formula is C42H49FN2O6. The number of aliphatic hydroxyl groups excluding tert-OH is 1. The molecule has 1 aliphatic heterocycles. The Kier molecular flexibility index (Phi) is 11.6. The van der Waals surface area contributed by atoms with Gasteiger partial charge in [0.25, 0.3) is 5.91 Å². The second kappa shape index (κ2) is 15.8. The molecule has 2 atom stereocenters. The summed E-state index contributed by atoms with van der Waals surface area (Å²) in [5.41, 5.74) is 5.38. The lowest BCUT2D eigenvalue weighted by atomic mass is 9.94. The number of hydrogen-bond acceptors (Lipinski definition) is 6. The lowest BCUT2D eigenvalue weighted by molar-refractivity contribution is -0.290. The molecule has 3 aromatic carbocycles. The number of benzene rings is 3. The van der Waals surface area contributed by atoms with Crippen LogP contribution in [-0.2, 0) is 32.2 Å².